The van der Waals surface area contributed by atoms with Crippen molar-refractivity contribution in [2.24, 2.45) is 0 Å². The zero-order chi connectivity index (χ0) is 16.1. The standard InChI is InChI=1S/C14H20F3NO2S/c1-3-9-18-13(7-8-14(15,16)17)11-5-4-6-12(10-11)21(2,19)20/h4-6,10,13,18H,3,7-9H2,1-2H3. The molecule has 1 unspecified atom stereocenters. The lowest BCUT2D eigenvalue weighted by molar-refractivity contribution is -0.136. The Kier molecular flexibility index (Phi) is 6.22. The second kappa shape index (κ2) is 7.26. The number of halogens is 3. The maximum Gasteiger partial charge on any atom is 0.389 e. The van der Waals surface area contributed by atoms with Crippen LogP contribution in [-0.4, -0.2) is 27.4 Å². The van der Waals surface area contributed by atoms with Crippen molar-refractivity contribution in [3.8, 4) is 0 Å². The summed E-state index contributed by atoms with van der Waals surface area (Å²) in [5.41, 5.74) is 0.565. The van der Waals surface area contributed by atoms with Crippen molar-refractivity contribution in [1.29, 1.82) is 0 Å². The number of nitrogens with one attached hydrogen (secondary N) is 1. The summed E-state index contributed by atoms with van der Waals surface area (Å²) in [7, 11) is -3.37. The van der Waals surface area contributed by atoms with E-state index in [9.17, 15) is 21.6 Å². The maximum atomic E-state index is 12.4. The van der Waals surface area contributed by atoms with Gasteiger partial charge in [-0.05, 0) is 37.1 Å². The molecule has 1 N–H and O–H groups in total. The lowest BCUT2D eigenvalue weighted by atomic mass is 10.0. The van der Waals surface area contributed by atoms with Crippen LogP contribution in [0.3, 0.4) is 0 Å². The molecule has 7 heteroatoms. The van der Waals surface area contributed by atoms with Gasteiger partial charge in [-0.15, -0.1) is 0 Å². The SMILES string of the molecule is CCCNC(CCC(F)(F)F)c1cccc(S(C)(=O)=O)c1. The van der Waals surface area contributed by atoms with Crippen molar-refractivity contribution >= 4 is 9.84 Å². The Morgan fingerprint density at radius 1 is 1.29 bits per heavy atom. The summed E-state index contributed by atoms with van der Waals surface area (Å²) in [5, 5.41) is 3.04. The topological polar surface area (TPSA) is 46.2 Å². The fourth-order valence-corrected chi connectivity index (χ4v) is 2.65. The molecule has 0 fully saturated rings. The zero-order valence-electron chi connectivity index (χ0n) is 12.1. The van der Waals surface area contributed by atoms with E-state index in [1.165, 1.54) is 12.1 Å². The molecule has 1 rings (SSSR count). The average Bonchev–Trinajstić information content (AvgIpc) is 2.37. The summed E-state index contributed by atoms with van der Waals surface area (Å²) in [6.45, 7) is 2.49. The highest BCUT2D eigenvalue weighted by Gasteiger charge is 2.28. The van der Waals surface area contributed by atoms with Crippen molar-refractivity contribution in [3.63, 3.8) is 0 Å². The molecular formula is C14H20F3NO2S. The molecule has 3 nitrogen and oxygen atoms in total. The monoisotopic (exact) mass is 323 g/mol. The van der Waals surface area contributed by atoms with Gasteiger partial charge in [0.2, 0.25) is 0 Å². The summed E-state index contributed by atoms with van der Waals surface area (Å²) in [5.74, 6) is 0. The van der Waals surface area contributed by atoms with Gasteiger partial charge >= 0.3 is 6.18 Å². The van der Waals surface area contributed by atoms with E-state index in [1.54, 1.807) is 12.1 Å². The fraction of sp³-hybridized carbons (Fsp3) is 0.571. The van der Waals surface area contributed by atoms with E-state index < -0.39 is 28.5 Å². The van der Waals surface area contributed by atoms with Crippen LogP contribution in [0, 0.1) is 0 Å². The van der Waals surface area contributed by atoms with Crippen molar-refractivity contribution in [2.75, 3.05) is 12.8 Å². The lowest BCUT2D eigenvalue weighted by Crippen LogP contribution is -2.24. The Hall–Kier alpha value is -1.08. The second-order valence-electron chi connectivity index (χ2n) is 5.01. The van der Waals surface area contributed by atoms with Crippen molar-refractivity contribution in [3.05, 3.63) is 29.8 Å². The van der Waals surface area contributed by atoms with Gasteiger partial charge in [0.05, 0.1) is 4.90 Å². The van der Waals surface area contributed by atoms with Gasteiger partial charge in [0.1, 0.15) is 0 Å². The Morgan fingerprint density at radius 2 is 1.95 bits per heavy atom. The van der Waals surface area contributed by atoms with Gasteiger partial charge in [0.15, 0.2) is 9.84 Å². The van der Waals surface area contributed by atoms with Crippen LogP contribution in [0.5, 0.6) is 0 Å². The Morgan fingerprint density at radius 3 is 2.48 bits per heavy atom. The van der Waals surface area contributed by atoms with Crippen LogP contribution in [-0.2, 0) is 9.84 Å². The number of rotatable bonds is 7. The molecule has 1 aromatic carbocycles. The van der Waals surface area contributed by atoms with E-state index in [0.717, 1.165) is 12.7 Å². The Labute approximate surface area is 123 Å². The molecule has 1 atom stereocenters. The predicted octanol–water partition coefficient (Wildman–Crippen LogP) is 3.47. The molecule has 0 aliphatic carbocycles. The molecule has 0 aromatic heterocycles. The van der Waals surface area contributed by atoms with Gasteiger partial charge in [0, 0.05) is 18.7 Å². The summed E-state index contributed by atoms with van der Waals surface area (Å²) >= 11 is 0. The smallest absolute Gasteiger partial charge is 0.310 e. The first-order valence-electron chi connectivity index (χ1n) is 6.73. The van der Waals surface area contributed by atoms with E-state index in [0.29, 0.717) is 12.1 Å². The van der Waals surface area contributed by atoms with Crippen LogP contribution in [0.1, 0.15) is 37.8 Å². The van der Waals surface area contributed by atoms with E-state index >= 15 is 0 Å². The largest absolute Gasteiger partial charge is 0.389 e. The maximum absolute atomic E-state index is 12.4. The minimum absolute atomic E-state index is 0.114. The van der Waals surface area contributed by atoms with E-state index in [4.69, 9.17) is 0 Å². The highest BCUT2D eigenvalue weighted by Crippen LogP contribution is 2.28. The molecule has 21 heavy (non-hydrogen) atoms. The summed E-state index contributed by atoms with van der Waals surface area (Å²) in [6, 6.07) is 5.59. The van der Waals surface area contributed by atoms with Crippen LogP contribution in [0.2, 0.25) is 0 Å². The van der Waals surface area contributed by atoms with E-state index in [1.807, 2.05) is 6.92 Å². The molecule has 0 radical (unpaired) electrons. The van der Waals surface area contributed by atoms with Crippen molar-refractivity contribution < 1.29 is 21.6 Å². The predicted molar refractivity (Wildman–Crippen MR) is 75.9 cm³/mol. The quantitative estimate of drug-likeness (QED) is 0.836. The van der Waals surface area contributed by atoms with Gasteiger partial charge in [-0.3, -0.25) is 0 Å². The highest BCUT2D eigenvalue weighted by molar-refractivity contribution is 7.90. The molecule has 0 aliphatic heterocycles. The first-order valence-corrected chi connectivity index (χ1v) is 8.63. The lowest BCUT2D eigenvalue weighted by Gasteiger charge is -2.20. The number of benzene rings is 1. The van der Waals surface area contributed by atoms with Gasteiger partial charge in [-0.25, -0.2) is 8.42 Å². The molecule has 0 spiro atoms. The van der Waals surface area contributed by atoms with Crippen LogP contribution >= 0.6 is 0 Å². The Bertz CT molecular complexity index is 556. The molecule has 1 aromatic rings. The van der Waals surface area contributed by atoms with E-state index in [2.05, 4.69) is 5.32 Å². The molecule has 0 saturated heterocycles. The minimum atomic E-state index is -4.22. The second-order valence-corrected chi connectivity index (χ2v) is 7.02. The number of hydrogen-bond donors (Lipinski definition) is 1. The average molecular weight is 323 g/mol. The Balaban J connectivity index is 2.97. The third kappa shape index (κ3) is 6.48. The van der Waals surface area contributed by atoms with Gasteiger partial charge in [-0.1, -0.05) is 19.1 Å². The number of hydrogen-bond acceptors (Lipinski definition) is 3. The van der Waals surface area contributed by atoms with Gasteiger partial charge < -0.3 is 5.32 Å². The molecular weight excluding hydrogens is 303 g/mol. The third-order valence-electron chi connectivity index (χ3n) is 3.05. The highest BCUT2D eigenvalue weighted by atomic mass is 32.2. The molecule has 0 saturated carbocycles. The summed E-state index contributed by atoms with van der Waals surface area (Å²) in [6.07, 6.45) is -3.38. The third-order valence-corrected chi connectivity index (χ3v) is 4.16. The molecule has 0 amide bonds. The van der Waals surface area contributed by atoms with Crippen LogP contribution < -0.4 is 5.32 Å². The number of sulfone groups is 1. The minimum Gasteiger partial charge on any atom is -0.310 e. The fourth-order valence-electron chi connectivity index (χ4n) is 1.98. The zero-order valence-corrected chi connectivity index (χ0v) is 12.9. The molecule has 0 bridgehead atoms. The first-order chi connectivity index (χ1) is 9.63. The molecule has 120 valence electrons. The van der Waals surface area contributed by atoms with Crippen LogP contribution in [0.4, 0.5) is 13.2 Å². The molecule has 0 heterocycles. The van der Waals surface area contributed by atoms with Gasteiger partial charge in [-0.2, -0.15) is 13.2 Å². The number of alkyl halides is 3. The van der Waals surface area contributed by atoms with Crippen LogP contribution in [0.25, 0.3) is 0 Å². The van der Waals surface area contributed by atoms with E-state index in [-0.39, 0.29) is 11.3 Å². The molecule has 0 aliphatic rings. The summed E-state index contributed by atoms with van der Waals surface area (Å²) in [4.78, 5) is 0.121. The summed E-state index contributed by atoms with van der Waals surface area (Å²) < 4.78 is 60.3. The van der Waals surface area contributed by atoms with Crippen LogP contribution in [0.15, 0.2) is 29.2 Å². The normalized spacial score (nSPS) is 14.1. The van der Waals surface area contributed by atoms with Crippen molar-refractivity contribution in [1.82, 2.24) is 5.32 Å². The van der Waals surface area contributed by atoms with Crippen molar-refractivity contribution in [2.45, 2.75) is 43.3 Å². The first kappa shape index (κ1) is 18.0. The van der Waals surface area contributed by atoms with Gasteiger partial charge in [0.25, 0.3) is 0 Å².